The van der Waals surface area contributed by atoms with E-state index >= 15 is 0 Å². The van der Waals surface area contributed by atoms with E-state index in [0.29, 0.717) is 12.2 Å². The van der Waals surface area contributed by atoms with Gasteiger partial charge in [-0.15, -0.1) is 0 Å². The van der Waals surface area contributed by atoms with Crippen LogP contribution in [0, 0.1) is 6.92 Å². The minimum atomic E-state index is -0.190. The third kappa shape index (κ3) is 5.21. The Morgan fingerprint density at radius 1 is 1.13 bits per heavy atom. The van der Waals surface area contributed by atoms with Crippen molar-refractivity contribution >= 4 is 33.4 Å². The molecule has 23 heavy (non-hydrogen) atoms. The summed E-state index contributed by atoms with van der Waals surface area (Å²) in [6.07, 6.45) is 0. The molecule has 0 aromatic heterocycles. The van der Waals surface area contributed by atoms with Gasteiger partial charge in [0.25, 0.3) is 0 Å². The average Bonchev–Trinajstić information content (AvgIpc) is 2.51. The highest BCUT2D eigenvalue weighted by molar-refractivity contribution is 9.10. The molecular weight excluding hydrogens is 356 g/mol. The number of nitrogens with zero attached hydrogens (tertiary/aromatic N) is 1. The Morgan fingerprint density at radius 2 is 1.83 bits per heavy atom. The second-order valence-corrected chi connectivity index (χ2v) is 6.26. The van der Waals surface area contributed by atoms with Crippen molar-refractivity contribution in [2.24, 2.45) is 0 Å². The second-order valence-electron chi connectivity index (χ2n) is 5.35. The number of carbonyl (C=O) groups excluding carboxylic acids is 2. The number of rotatable bonds is 5. The molecule has 0 fully saturated rings. The van der Waals surface area contributed by atoms with E-state index in [-0.39, 0.29) is 18.4 Å². The van der Waals surface area contributed by atoms with Crippen LogP contribution in [0.3, 0.4) is 0 Å². The zero-order valence-electron chi connectivity index (χ0n) is 13.2. The molecule has 0 saturated carbocycles. The van der Waals surface area contributed by atoms with Gasteiger partial charge in [-0.1, -0.05) is 45.8 Å². The van der Waals surface area contributed by atoms with Crippen molar-refractivity contribution < 1.29 is 9.59 Å². The lowest BCUT2D eigenvalue weighted by atomic mass is 10.1. The lowest BCUT2D eigenvalue weighted by Crippen LogP contribution is -2.39. The van der Waals surface area contributed by atoms with E-state index < -0.39 is 0 Å². The third-order valence-electron chi connectivity index (χ3n) is 3.39. The van der Waals surface area contributed by atoms with Crippen molar-refractivity contribution in [1.82, 2.24) is 5.32 Å². The number of carbonyl (C=O) groups is 2. The number of anilines is 1. The highest BCUT2D eigenvalue weighted by Crippen LogP contribution is 2.18. The van der Waals surface area contributed by atoms with Crippen molar-refractivity contribution in [1.29, 1.82) is 0 Å². The molecular formula is C18H19BrN2O2. The Kier molecular flexibility index (Phi) is 5.93. The zero-order chi connectivity index (χ0) is 16.8. The van der Waals surface area contributed by atoms with Gasteiger partial charge < -0.3 is 10.2 Å². The van der Waals surface area contributed by atoms with Crippen LogP contribution >= 0.6 is 15.9 Å². The quantitative estimate of drug-likeness (QED) is 0.871. The third-order valence-corrected chi connectivity index (χ3v) is 3.92. The molecule has 5 heteroatoms. The Labute approximate surface area is 144 Å². The van der Waals surface area contributed by atoms with E-state index in [2.05, 4.69) is 21.2 Å². The van der Waals surface area contributed by atoms with Crippen molar-refractivity contribution in [3.63, 3.8) is 0 Å². The Bertz CT molecular complexity index is 698. The van der Waals surface area contributed by atoms with E-state index in [9.17, 15) is 9.59 Å². The first-order valence-corrected chi connectivity index (χ1v) is 8.11. The van der Waals surface area contributed by atoms with Gasteiger partial charge in [0, 0.05) is 23.6 Å². The fraction of sp³-hybridized carbons (Fsp3) is 0.222. The molecule has 2 rings (SSSR count). The van der Waals surface area contributed by atoms with E-state index in [1.54, 1.807) is 12.1 Å². The molecule has 2 amide bonds. The number of hydrogen-bond donors (Lipinski definition) is 1. The zero-order valence-corrected chi connectivity index (χ0v) is 14.8. The van der Waals surface area contributed by atoms with Gasteiger partial charge >= 0.3 is 0 Å². The van der Waals surface area contributed by atoms with Gasteiger partial charge in [-0.2, -0.15) is 0 Å². The topological polar surface area (TPSA) is 49.4 Å². The van der Waals surface area contributed by atoms with Crippen LogP contribution in [0.4, 0.5) is 5.69 Å². The Balaban J connectivity index is 1.98. The maximum absolute atomic E-state index is 12.1. The van der Waals surface area contributed by atoms with Gasteiger partial charge in [-0.25, -0.2) is 0 Å². The molecule has 0 heterocycles. The number of nitrogens with one attached hydrogen (secondary N) is 1. The van der Waals surface area contributed by atoms with Crippen molar-refractivity contribution in [3.05, 3.63) is 64.1 Å². The van der Waals surface area contributed by atoms with Gasteiger partial charge in [-0.05, 0) is 36.8 Å². The summed E-state index contributed by atoms with van der Waals surface area (Å²) in [6, 6.07) is 15.3. The second kappa shape index (κ2) is 7.92. The van der Waals surface area contributed by atoms with E-state index in [0.717, 1.165) is 15.6 Å². The van der Waals surface area contributed by atoms with Gasteiger partial charge in [0.15, 0.2) is 0 Å². The maximum atomic E-state index is 12.1. The largest absolute Gasteiger partial charge is 0.350 e. The molecule has 0 bridgehead atoms. The van der Waals surface area contributed by atoms with Crippen LogP contribution in [0.25, 0.3) is 0 Å². The number of aryl methyl sites for hydroxylation is 1. The predicted octanol–water partition coefficient (Wildman–Crippen LogP) is 3.43. The summed E-state index contributed by atoms with van der Waals surface area (Å²) in [5.74, 6) is -0.359. The lowest BCUT2D eigenvalue weighted by molar-refractivity contribution is -0.123. The molecule has 0 aliphatic rings. The molecule has 2 aromatic carbocycles. The molecule has 0 aliphatic carbocycles. The van der Waals surface area contributed by atoms with Crippen molar-refractivity contribution in [3.8, 4) is 0 Å². The molecule has 1 N–H and O–H groups in total. The molecule has 0 saturated heterocycles. The normalized spacial score (nSPS) is 10.2. The smallest absolute Gasteiger partial charge is 0.240 e. The van der Waals surface area contributed by atoms with Crippen molar-refractivity contribution in [2.45, 2.75) is 20.4 Å². The van der Waals surface area contributed by atoms with Crippen LogP contribution in [0.1, 0.15) is 18.1 Å². The Morgan fingerprint density at radius 3 is 2.43 bits per heavy atom. The van der Waals surface area contributed by atoms with Crippen LogP contribution in [0.2, 0.25) is 0 Å². The summed E-state index contributed by atoms with van der Waals surface area (Å²) in [4.78, 5) is 25.4. The molecule has 0 radical (unpaired) electrons. The highest BCUT2D eigenvalue weighted by atomic mass is 79.9. The van der Waals surface area contributed by atoms with E-state index in [1.807, 2.05) is 43.3 Å². The molecule has 0 spiro atoms. The van der Waals surface area contributed by atoms with E-state index in [1.165, 1.54) is 11.8 Å². The fourth-order valence-corrected chi connectivity index (χ4v) is 2.49. The standard InChI is InChI=1S/C18H19BrN2O2/c1-13-4-3-5-15(10-13)11-20-18(23)12-21(14(2)22)17-8-6-16(19)7-9-17/h3-10H,11-12H2,1-2H3,(H,20,23). The molecule has 0 unspecified atom stereocenters. The van der Waals surface area contributed by atoms with E-state index in [4.69, 9.17) is 0 Å². The van der Waals surface area contributed by atoms with Gasteiger partial charge in [0.05, 0.1) is 0 Å². The highest BCUT2D eigenvalue weighted by Gasteiger charge is 2.15. The number of hydrogen-bond acceptors (Lipinski definition) is 2. The average molecular weight is 375 g/mol. The minimum absolute atomic E-state index is 0.00276. The minimum Gasteiger partial charge on any atom is -0.350 e. The molecule has 4 nitrogen and oxygen atoms in total. The Hall–Kier alpha value is -2.14. The molecule has 2 aromatic rings. The van der Waals surface area contributed by atoms with Crippen LogP contribution in [-0.2, 0) is 16.1 Å². The monoisotopic (exact) mass is 374 g/mol. The number of halogens is 1. The van der Waals surface area contributed by atoms with Crippen LogP contribution in [-0.4, -0.2) is 18.4 Å². The summed E-state index contributed by atoms with van der Waals surface area (Å²) >= 11 is 3.36. The molecule has 0 atom stereocenters. The summed E-state index contributed by atoms with van der Waals surface area (Å²) in [6.45, 7) is 3.92. The predicted molar refractivity (Wildman–Crippen MR) is 95.2 cm³/mol. The van der Waals surface area contributed by atoms with Crippen LogP contribution in [0.5, 0.6) is 0 Å². The van der Waals surface area contributed by atoms with Crippen molar-refractivity contribution in [2.75, 3.05) is 11.4 Å². The first-order valence-electron chi connectivity index (χ1n) is 7.31. The molecule has 0 aliphatic heterocycles. The lowest BCUT2D eigenvalue weighted by Gasteiger charge is -2.20. The summed E-state index contributed by atoms with van der Waals surface area (Å²) in [5.41, 5.74) is 2.89. The fourth-order valence-electron chi connectivity index (χ4n) is 2.23. The number of amides is 2. The first-order chi connectivity index (χ1) is 11.0. The maximum Gasteiger partial charge on any atom is 0.240 e. The van der Waals surface area contributed by atoms with Gasteiger partial charge in [0.1, 0.15) is 6.54 Å². The summed E-state index contributed by atoms with van der Waals surface area (Å²) in [7, 11) is 0. The molecule has 120 valence electrons. The van der Waals surface area contributed by atoms with Crippen LogP contribution < -0.4 is 10.2 Å². The summed E-state index contributed by atoms with van der Waals surface area (Å²) < 4.78 is 0.925. The summed E-state index contributed by atoms with van der Waals surface area (Å²) in [5, 5.41) is 2.85. The van der Waals surface area contributed by atoms with Crippen LogP contribution in [0.15, 0.2) is 53.0 Å². The van der Waals surface area contributed by atoms with Gasteiger partial charge in [0.2, 0.25) is 11.8 Å². The SMILES string of the molecule is CC(=O)N(CC(=O)NCc1cccc(C)c1)c1ccc(Br)cc1. The van der Waals surface area contributed by atoms with Gasteiger partial charge in [-0.3, -0.25) is 9.59 Å². The number of benzene rings is 2. The first kappa shape index (κ1) is 17.2.